The largest absolute Gasteiger partial charge is 0.444 e. The summed E-state index contributed by atoms with van der Waals surface area (Å²) >= 11 is 0. The Labute approximate surface area is 168 Å². The van der Waals surface area contributed by atoms with Gasteiger partial charge in [0.1, 0.15) is 17.7 Å². The van der Waals surface area contributed by atoms with Crippen LogP contribution in [0.2, 0.25) is 0 Å². The van der Waals surface area contributed by atoms with Gasteiger partial charge in [0.2, 0.25) is 5.91 Å². The lowest BCUT2D eigenvalue weighted by Crippen LogP contribution is -2.46. The molecule has 0 atom stereocenters. The van der Waals surface area contributed by atoms with Gasteiger partial charge < -0.3 is 9.64 Å². The molecule has 0 saturated carbocycles. The van der Waals surface area contributed by atoms with Crippen molar-refractivity contribution in [2.45, 2.75) is 45.6 Å². The van der Waals surface area contributed by atoms with Crippen LogP contribution in [0.5, 0.6) is 0 Å². The molecule has 2 aliphatic heterocycles. The molecule has 1 spiro atoms. The molecule has 2 amide bonds. The number of carbonyl (C=O) groups is 2. The second-order valence-electron chi connectivity index (χ2n) is 8.75. The zero-order chi connectivity index (χ0) is 20.6. The molecule has 2 aromatic rings. The molecule has 2 saturated heterocycles. The van der Waals surface area contributed by atoms with E-state index in [1.54, 1.807) is 16.0 Å². The Bertz CT molecular complexity index is 882. The molecule has 10 heteroatoms. The number of likely N-dealkylation sites (tertiary alicyclic amines) is 1. The molecular formula is C19H25N7O3. The molecular weight excluding hydrogens is 374 g/mol. The lowest BCUT2D eigenvalue weighted by Gasteiger charge is -2.39. The number of ether oxygens (including phenoxy) is 1. The van der Waals surface area contributed by atoms with E-state index >= 15 is 0 Å². The van der Waals surface area contributed by atoms with Gasteiger partial charge in [0.25, 0.3) is 0 Å². The summed E-state index contributed by atoms with van der Waals surface area (Å²) < 4.78 is 6.98. The fourth-order valence-electron chi connectivity index (χ4n) is 3.88. The molecule has 154 valence electrons. The van der Waals surface area contributed by atoms with Crippen LogP contribution < -0.4 is 4.90 Å². The fraction of sp³-hybridized carbons (Fsp3) is 0.579. The Kier molecular flexibility index (Phi) is 4.71. The average molecular weight is 399 g/mol. The Hall–Kier alpha value is -3.04. The maximum Gasteiger partial charge on any atom is 0.410 e. The number of amides is 2. The summed E-state index contributed by atoms with van der Waals surface area (Å²) in [5.41, 5.74) is 0.101. The standard InChI is InChI=1S/C19H25N7O3/c1-18(2,3)29-17(28)24-8-6-19(7-9-24)10-16(27)25(12-19)15-5-4-14(11-20-15)26-13-21-22-23-26/h4-5,11,13H,6-10,12H2,1-3H3. The van der Waals surface area contributed by atoms with Crippen LogP contribution in [-0.4, -0.2) is 67.3 Å². The fourth-order valence-corrected chi connectivity index (χ4v) is 3.88. The highest BCUT2D eigenvalue weighted by Crippen LogP contribution is 2.42. The highest BCUT2D eigenvalue weighted by atomic mass is 16.6. The first kappa shape index (κ1) is 19.3. The van der Waals surface area contributed by atoms with Crippen LogP contribution in [0.1, 0.15) is 40.0 Å². The average Bonchev–Trinajstić information content (AvgIpc) is 3.30. The van der Waals surface area contributed by atoms with Crippen molar-refractivity contribution in [1.82, 2.24) is 30.1 Å². The number of anilines is 1. The maximum absolute atomic E-state index is 12.7. The molecule has 4 rings (SSSR count). The van der Waals surface area contributed by atoms with E-state index < -0.39 is 5.60 Å². The van der Waals surface area contributed by atoms with Gasteiger partial charge >= 0.3 is 6.09 Å². The Morgan fingerprint density at radius 2 is 1.97 bits per heavy atom. The number of nitrogens with zero attached hydrogens (tertiary/aromatic N) is 7. The number of piperidine rings is 1. The molecule has 0 bridgehead atoms. The predicted molar refractivity (Wildman–Crippen MR) is 103 cm³/mol. The normalized spacial score (nSPS) is 19.1. The minimum atomic E-state index is -0.507. The van der Waals surface area contributed by atoms with E-state index in [-0.39, 0.29) is 17.4 Å². The molecule has 0 N–H and O–H groups in total. The van der Waals surface area contributed by atoms with E-state index in [0.29, 0.717) is 31.9 Å². The van der Waals surface area contributed by atoms with Gasteiger partial charge in [0, 0.05) is 31.5 Å². The molecule has 2 aromatic heterocycles. The van der Waals surface area contributed by atoms with Crippen LogP contribution in [0.4, 0.5) is 10.6 Å². The van der Waals surface area contributed by atoms with Crippen LogP contribution in [-0.2, 0) is 9.53 Å². The molecule has 4 heterocycles. The first-order chi connectivity index (χ1) is 13.7. The monoisotopic (exact) mass is 399 g/mol. The highest BCUT2D eigenvalue weighted by Gasteiger charge is 2.46. The topological polar surface area (TPSA) is 106 Å². The van der Waals surface area contributed by atoms with Gasteiger partial charge in [0.15, 0.2) is 0 Å². The van der Waals surface area contributed by atoms with Gasteiger partial charge in [-0.05, 0) is 56.2 Å². The molecule has 2 fully saturated rings. The SMILES string of the molecule is CC(C)(C)OC(=O)N1CCC2(CC1)CC(=O)N(c1ccc(-n3cnnn3)cn1)C2. The van der Waals surface area contributed by atoms with Crippen LogP contribution >= 0.6 is 0 Å². The first-order valence-electron chi connectivity index (χ1n) is 9.72. The van der Waals surface area contributed by atoms with E-state index in [2.05, 4.69) is 20.5 Å². The van der Waals surface area contributed by atoms with Crippen LogP contribution in [0.15, 0.2) is 24.7 Å². The predicted octanol–water partition coefficient (Wildman–Crippen LogP) is 1.81. The Morgan fingerprint density at radius 1 is 1.21 bits per heavy atom. The molecule has 0 radical (unpaired) electrons. The number of pyridine rings is 1. The van der Waals surface area contributed by atoms with Crippen molar-refractivity contribution < 1.29 is 14.3 Å². The number of aromatic nitrogens is 5. The van der Waals surface area contributed by atoms with E-state index in [9.17, 15) is 9.59 Å². The molecule has 29 heavy (non-hydrogen) atoms. The van der Waals surface area contributed by atoms with Gasteiger partial charge in [-0.25, -0.2) is 9.78 Å². The van der Waals surface area contributed by atoms with Crippen molar-refractivity contribution in [2.75, 3.05) is 24.5 Å². The maximum atomic E-state index is 12.7. The van der Waals surface area contributed by atoms with Crippen molar-refractivity contribution >= 4 is 17.8 Å². The summed E-state index contributed by atoms with van der Waals surface area (Å²) in [5, 5.41) is 11.1. The number of tetrazole rings is 1. The van der Waals surface area contributed by atoms with E-state index in [1.165, 1.54) is 11.0 Å². The second kappa shape index (κ2) is 7.09. The van der Waals surface area contributed by atoms with E-state index in [4.69, 9.17) is 4.74 Å². The van der Waals surface area contributed by atoms with Crippen molar-refractivity contribution in [3.8, 4) is 5.69 Å². The van der Waals surface area contributed by atoms with Gasteiger partial charge in [-0.15, -0.1) is 5.10 Å². The first-order valence-corrected chi connectivity index (χ1v) is 9.72. The highest BCUT2D eigenvalue weighted by molar-refractivity contribution is 5.95. The third-order valence-corrected chi connectivity index (χ3v) is 5.42. The minimum Gasteiger partial charge on any atom is -0.444 e. The van der Waals surface area contributed by atoms with Crippen LogP contribution in [0.3, 0.4) is 0 Å². The Morgan fingerprint density at radius 3 is 2.55 bits per heavy atom. The van der Waals surface area contributed by atoms with Crippen molar-refractivity contribution in [1.29, 1.82) is 0 Å². The smallest absolute Gasteiger partial charge is 0.410 e. The third kappa shape index (κ3) is 4.06. The molecule has 0 unspecified atom stereocenters. The van der Waals surface area contributed by atoms with Crippen LogP contribution in [0.25, 0.3) is 5.69 Å². The van der Waals surface area contributed by atoms with Crippen LogP contribution in [0, 0.1) is 5.41 Å². The lowest BCUT2D eigenvalue weighted by atomic mass is 9.78. The number of carbonyl (C=O) groups excluding carboxylic acids is 2. The van der Waals surface area contributed by atoms with Gasteiger partial charge in [-0.2, -0.15) is 4.68 Å². The quantitative estimate of drug-likeness (QED) is 0.758. The summed E-state index contributed by atoms with van der Waals surface area (Å²) in [6, 6.07) is 3.64. The van der Waals surface area contributed by atoms with Gasteiger partial charge in [0.05, 0.1) is 11.9 Å². The second-order valence-corrected chi connectivity index (χ2v) is 8.75. The molecule has 0 aromatic carbocycles. The summed E-state index contributed by atoms with van der Waals surface area (Å²) in [6.07, 6.45) is 4.88. The third-order valence-electron chi connectivity index (χ3n) is 5.42. The summed E-state index contributed by atoms with van der Waals surface area (Å²) in [5.74, 6) is 0.691. The summed E-state index contributed by atoms with van der Waals surface area (Å²) in [4.78, 5) is 32.9. The van der Waals surface area contributed by atoms with Gasteiger partial charge in [-0.3, -0.25) is 9.69 Å². The summed E-state index contributed by atoms with van der Waals surface area (Å²) in [7, 11) is 0. The van der Waals surface area contributed by atoms with Crippen molar-refractivity contribution in [3.63, 3.8) is 0 Å². The molecule has 2 aliphatic rings. The molecule has 0 aliphatic carbocycles. The van der Waals surface area contributed by atoms with Gasteiger partial charge in [-0.1, -0.05) is 0 Å². The lowest BCUT2D eigenvalue weighted by molar-refractivity contribution is -0.118. The van der Waals surface area contributed by atoms with Crippen molar-refractivity contribution in [2.24, 2.45) is 5.41 Å². The zero-order valence-electron chi connectivity index (χ0n) is 16.9. The Balaban J connectivity index is 1.40. The number of rotatable bonds is 2. The zero-order valence-corrected chi connectivity index (χ0v) is 16.9. The van der Waals surface area contributed by atoms with E-state index in [1.807, 2.05) is 32.9 Å². The summed E-state index contributed by atoms with van der Waals surface area (Å²) in [6.45, 7) is 7.40. The molecule has 10 nitrogen and oxygen atoms in total. The van der Waals surface area contributed by atoms with Crippen molar-refractivity contribution in [3.05, 3.63) is 24.7 Å². The number of hydrogen-bond donors (Lipinski definition) is 0. The number of hydrogen-bond acceptors (Lipinski definition) is 7. The van der Waals surface area contributed by atoms with E-state index in [0.717, 1.165) is 18.5 Å². The minimum absolute atomic E-state index is 0.0680.